The van der Waals surface area contributed by atoms with Crippen molar-refractivity contribution in [1.29, 1.82) is 0 Å². The molecule has 0 atom stereocenters. The predicted molar refractivity (Wildman–Crippen MR) is 57.4 cm³/mol. The van der Waals surface area contributed by atoms with Crippen molar-refractivity contribution < 1.29 is 4.79 Å². The summed E-state index contributed by atoms with van der Waals surface area (Å²) in [7, 11) is 1.68. The lowest BCUT2D eigenvalue weighted by molar-refractivity contribution is -0.121. The first-order valence-corrected chi connectivity index (χ1v) is 5.65. The fourth-order valence-electron chi connectivity index (χ4n) is 1.72. The van der Waals surface area contributed by atoms with E-state index in [9.17, 15) is 4.79 Å². The summed E-state index contributed by atoms with van der Waals surface area (Å²) in [6.45, 7) is 2.44. The van der Waals surface area contributed by atoms with Crippen LogP contribution in [-0.4, -0.2) is 30.9 Å². The summed E-state index contributed by atoms with van der Waals surface area (Å²) in [5, 5.41) is 4.79. The van der Waals surface area contributed by atoms with Gasteiger partial charge >= 0.3 is 0 Å². The van der Waals surface area contributed by atoms with E-state index in [4.69, 9.17) is 0 Å². The molecule has 0 fully saturated rings. The first-order chi connectivity index (χ1) is 6.79. The smallest absolute Gasteiger partial charge is 0.233 e. The van der Waals surface area contributed by atoms with Crippen molar-refractivity contribution in [2.24, 2.45) is 0 Å². The maximum atomic E-state index is 11.2. The SMILES string of the molecule is CNC(=O)CN1CCc2sccc2C1. The number of hydrogen-bond donors (Lipinski definition) is 1. The van der Waals surface area contributed by atoms with Gasteiger partial charge in [-0.1, -0.05) is 0 Å². The van der Waals surface area contributed by atoms with Crippen LogP contribution in [-0.2, 0) is 17.8 Å². The zero-order valence-corrected chi connectivity index (χ0v) is 9.06. The number of carbonyl (C=O) groups excluding carboxylic acids is 1. The summed E-state index contributed by atoms with van der Waals surface area (Å²) in [5.74, 6) is 0.101. The highest BCUT2D eigenvalue weighted by Gasteiger charge is 2.18. The number of thiophene rings is 1. The summed E-state index contributed by atoms with van der Waals surface area (Å²) in [5.41, 5.74) is 1.39. The van der Waals surface area contributed by atoms with Gasteiger partial charge in [0.15, 0.2) is 0 Å². The molecule has 4 heteroatoms. The molecule has 3 nitrogen and oxygen atoms in total. The van der Waals surface area contributed by atoms with Crippen molar-refractivity contribution in [2.45, 2.75) is 13.0 Å². The average Bonchev–Trinajstić information content (AvgIpc) is 2.64. The van der Waals surface area contributed by atoms with Crippen LogP contribution in [0.25, 0.3) is 0 Å². The highest BCUT2D eigenvalue weighted by Crippen LogP contribution is 2.23. The van der Waals surface area contributed by atoms with Gasteiger partial charge in [0.2, 0.25) is 5.91 Å². The lowest BCUT2D eigenvalue weighted by atomic mass is 10.1. The largest absolute Gasteiger partial charge is 0.358 e. The van der Waals surface area contributed by atoms with Gasteiger partial charge in [0.25, 0.3) is 0 Å². The molecular weight excluding hydrogens is 196 g/mol. The van der Waals surface area contributed by atoms with Crippen molar-refractivity contribution in [3.8, 4) is 0 Å². The van der Waals surface area contributed by atoms with Crippen LogP contribution in [0.2, 0.25) is 0 Å². The maximum Gasteiger partial charge on any atom is 0.233 e. The van der Waals surface area contributed by atoms with Crippen LogP contribution >= 0.6 is 11.3 Å². The second kappa shape index (κ2) is 4.11. The molecule has 76 valence electrons. The quantitative estimate of drug-likeness (QED) is 0.785. The van der Waals surface area contributed by atoms with Gasteiger partial charge in [0, 0.05) is 25.0 Å². The van der Waals surface area contributed by atoms with E-state index in [1.54, 1.807) is 7.05 Å². The summed E-state index contributed by atoms with van der Waals surface area (Å²) >= 11 is 1.82. The van der Waals surface area contributed by atoms with E-state index < -0.39 is 0 Å². The number of carbonyl (C=O) groups is 1. The minimum absolute atomic E-state index is 0.101. The molecule has 0 spiro atoms. The van der Waals surface area contributed by atoms with E-state index in [0.29, 0.717) is 6.54 Å². The molecule has 0 bridgehead atoms. The van der Waals surface area contributed by atoms with E-state index in [-0.39, 0.29) is 5.91 Å². The van der Waals surface area contributed by atoms with Crippen LogP contribution in [0.4, 0.5) is 0 Å². The van der Waals surface area contributed by atoms with Gasteiger partial charge in [-0.2, -0.15) is 0 Å². The maximum absolute atomic E-state index is 11.2. The summed E-state index contributed by atoms with van der Waals surface area (Å²) in [4.78, 5) is 14.9. The van der Waals surface area contributed by atoms with Gasteiger partial charge in [-0.05, 0) is 23.4 Å². The Kier molecular flexibility index (Phi) is 2.84. The molecule has 14 heavy (non-hydrogen) atoms. The highest BCUT2D eigenvalue weighted by molar-refractivity contribution is 7.10. The molecule has 0 radical (unpaired) electrons. The van der Waals surface area contributed by atoms with Crippen LogP contribution in [0.15, 0.2) is 11.4 Å². The molecule has 0 saturated heterocycles. The molecular formula is C10H14N2OS. The Morgan fingerprint density at radius 1 is 1.71 bits per heavy atom. The van der Waals surface area contributed by atoms with Crippen molar-refractivity contribution in [3.63, 3.8) is 0 Å². The summed E-state index contributed by atoms with van der Waals surface area (Å²) in [6.07, 6.45) is 1.09. The Morgan fingerprint density at radius 3 is 3.36 bits per heavy atom. The predicted octanol–water partition coefficient (Wildman–Crippen LogP) is 0.852. The molecule has 0 aromatic carbocycles. The minimum Gasteiger partial charge on any atom is -0.358 e. The van der Waals surface area contributed by atoms with Gasteiger partial charge in [0.1, 0.15) is 0 Å². The number of rotatable bonds is 2. The van der Waals surface area contributed by atoms with Crippen molar-refractivity contribution in [3.05, 3.63) is 21.9 Å². The molecule has 0 aliphatic carbocycles. The van der Waals surface area contributed by atoms with Crippen molar-refractivity contribution in [2.75, 3.05) is 20.1 Å². The average molecular weight is 210 g/mol. The Morgan fingerprint density at radius 2 is 2.57 bits per heavy atom. The lowest BCUT2D eigenvalue weighted by Gasteiger charge is -2.25. The van der Waals surface area contributed by atoms with E-state index in [1.165, 1.54) is 10.4 Å². The van der Waals surface area contributed by atoms with Crippen LogP contribution < -0.4 is 5.32 Å². The minimum atomic E-state index is 0.101. The summed E-state index contributed by atoms with van der Waals surface area (Å²) in [6, 6.07) is 2.16. The van der Waals surface area contributed by atoms with Crippen LogP contribution in [0, 0.1) is 0 Å². The van der Waals surface area contributed by atoms with E-state index >= 15 is 0 Å². The van der Waals surface area contributed by atoms with Gasteiger partial charge < -0.3 is 5.32 Å². The number of amides is 1. The third-order valence-corrected chi connectivity index (χ3v) is 3.56. The Balaban J connectivity index is 1.97. The highest BCUT2D eigenvalue weighted by atomic mass is 32.1. The van der Waals surface area contributed by atoms with Crippen molar-refractivity contribution >= 4 is 17.2 Å². The first-order valence-electron chi connectivity index (χ1n) is 4.78. The summed E-state index contributed by atoms with van der Waals surface area (Å²) < 4.78 is 0. The number of nitrogens with one attached hydrogen (secondary N) is 1. The number of nitrogens with zero attached hydrogens (tertiary/aromatic N) is 1. The normalized spacial score (nSPS) is 16.4. The standard InChI is InChI=1S/C10H14N2OS/c1-11-10(13)7-12-4-2-9-8(6-12)3-5-14-9/h3,5H,2,4,6-7H2,1H3,(H,11,13). The second-order valence-corrected chi connectivity index (χ2v) is 4.50. The molecule has 2 rings (SSSR count). The number of likely N-dealkylation sites (N-methyl/N-ethyl adjacent to an activating group) is 1. The molecule has 1 aliphatic rings. The third kappa shape index (κ3) is 1.96. The zero-order valence-electron chi connectivity index (χ0n) is 8.25. The molecule has 1 amide bonds. The van der Waals surface area contributed by atoms with Gasteiger partial charge in [0.05, 0.1) is 6.54 Å². The fourth-order valence-corrected chi connectivity index (χ4v) is 2.61. The van der Waals surface area contributed by atoms with Crippen LogP contribution in [0.5, 0.6) is 0 Å². The Bertz CT molecular complexity index is 335. The molecule has 1 aliphatic heterocycles. The molecule has 1 aromatic rings. The van der Waals surface area contributed by atoms with E-state index in [1.807, 2.05) is 11.3 Å². The topological polar surface area (TPSA) is 32.3 Å². The molecule has 1 aromatic heterocycles. The number of fused-ring (bicyclic) bond motifs is 1. The molecule has 0 unspecified atom stereocenters. The third-order valence-electron chi connectivity index (χ3n) is 2.53. The van der Waals surface area contributed by atoms with Crippen molar-refractivity contribution in [1.82, 2.24) is 10.2 Å². The van der Waals surface area contributed by atoms with E-state index in [2.05, 4.69) is 21.7 Å². The van der Waals surface area contributed by atoms with Gasteiger partial charge in [-0.15, -0.1) is 11.3 Å². The molecule has 0 saturated carbocycles. The Labute approximate surface area is 87.7 Å². The van der Waals surface area contributed by atoms with E-state index in [0.717, 1.165) is 19.5 Å². The van der Waals surface area contributed by atoms with Gasteiger partial charge in [-0.3, -0.25) is 9.69 Å². The fraction of sp³-hybridized carbons (Fsp3) is 0.500. The lowest BCUT2D eigenvalue weighted by Crippen LogP contribution is -2.38. The van der Waals surface area contributed by atoms with Crippen LogP contribution in [0.1, 0.15) is 10.4 Å². The zero-order chi connectivity index (χ0) is 9.97. The first kappa shape index (κ1) is 9.68. The Hall–Kier alpha value is -0.870. The van der Waals surface area contributed by atoms with Crippen LogP contribution in [0.3, 0.4) is 0 Å². The monoisotopic (exact) mass is 210 g/mol. The molecule has 2 heterocycles. The van der Waals surface area contributed by atoms with Gasteiger partial charge in [-0.25, -0.2) is 0 Å². The number of hydrogen-bond acceptors (Lipinski definition) is 3. The second-order valence-electron chi connectivity index (χ2n) is 3.50. The molecule has 1 N–H and O–H groups in total.